The van der Waals surface area contributed by atoms with Gasteiger partial charge in [-0.3, -0.25) is 0 Å². The van der Waals surface area contributed by atoms with Gasteiger partial charge in [0.25, 0.3) is 0 Å². The number of sulfonamides is 1. The molecular weight excluding hydrogens is 326 g/mol. The second kappa shape index (κ2) is 6.34. The van der Waals surface area contributed by atoms with Crippen LogP contribution in [0.15, 0.2) is 17.0 Å². The lowest BCUT2D eigenvalue weighted by Crippen LogP contribution is -2.46. The summed E-state index contributed by atoms with van der Waals surface area (Å²) < 4.78 is 43.1. The van der Waals surface area contributed by atoms with Crippen molar-refractivity contribution in [2.75, 3.05) is 27.4 Å². The number of rotatable bonds is 6. The molecule has 9 heteroatoms. The number of nitrogens with one attached hydrogen (secondary N) is 1. The van der Waals surface area contributed by atoms with Crippen LogP contribution in [0.3, 0.4) is 0 Å². The van der Waals surface area contributed by atoms with E-state index in [4.69, 9.17) is 14.2 Å². The van der Waals surface area contributed by atoms with Crippen molar-refractivity contribution in [2.45, 2.75) is 23.8 Å². The molecule has 1 saturated heterocycles. The Morgan fingerprint density at radius 1 is 1.35 bits per heavy atom. The summed E-state index contributed by atoms with van der Waals surface area (Å²) in [7, 11) is -1.49. The minimum absolute atomic E-state index is 0.0173. The van der Waals surface area contributed by atoms with Gasteiger partial charge in [0.1, 0.15) is 16.2 Å². The number of carboxylic acid groups (broad SMARTS) is 1. The van der Waals surface area contributed by atoms with E-state index in [0.29, 0.717) is 13.0 Å². The fourth-order valence-electron chi connectivity index (χ4n) is 2.46. The Morgan fingerprint density at radius 2 is 2.04 bits per heavy atom. The lowest BCUT2D eigenvalue weighted by atomic mass is 10.0. The lowest BCUT2D eigenvalue weighted by Gasteiger charge is -2.24. The maximum absolute atomic E-state index is 12.7. The van der Waals surface area contributed by atoms with Gasteiger partial charge in [-0.1, -0.05) is 0 Å². The van der Waals surface area contributed by atoms with Crippen LogP contribution in [0.5, 0.6) is 11.5 Å². The predicted molar refractivity (Wildman–Crippen MR) is 80.7 cm³/mol. The molecule has 1 unspecified atom stereocenters. The molecule has 0 bridgehead atoms. The molecule has 8 nitrogen and oxygen atoms in total. The standard InChI is InChI=1S/C14H19NO7S/c1-14(6-7-22-8-14)15-23(18,19)10-5-4-9(20-2)11(13(16)17)12(10)21-3/h4-5,15H,6-8H2,1-3H3,(H,16,17). The maximum atomic E-state index is 12.7. The molecule has 1 aliphatic rings. The molecule has 0 amide bonds. The number of benzene rings is 1. The first-order valence-electron chi connectivity index (χ1n) is 6.84. The Bertz CT molecular complexity index is 708. The Morgan fingerprint density at radius 3 is 2.52 bits per heavy atom. The fraction of sp³-hybridized carbons (Fsp3) is 0.500. The van der Waals surface area contributed by atoms with Gasteiger partial charge in [0.05, 0.1) is 26.4 Å². The van der Waals surface area contributed by atoms with Crippen LogP contribution in [0.2, 0.25) is 0 Å². The number of methoxy groups -OCH3 is 2. The van der Waals surface area contributed by atoms with Crippen molar-refractivity contribution in [1.82, 2.24) is 4.72 Å². The highest BCUT2D eigenvalue weighted by Gasteiger charge is 2.37. The van der Waals surface area contributed by atoms with Crippen molar-refractivity contribution in [1.29, 1.82) is 0 Å². The van der Waals surface area contributed by atoms with Crippen LogP contribution in [-0.4, -0.2) is 52.5 Å². The molecule has 1 aromatic rings. The van der Waals surface area contributed by atoms with Gasteiger partial charge in [-0.2, -0.15) is 0 Å². The smallest absolute Gasteiger partial charge is 0.343 e. The van der Waals surface area contributed by atoms with Crippen LogP contribution in [0.25, 0.3) is 0 Å². The third-order valence-electron chi connectivity index (χ3n) is 3.61. The summed E-state index contributed by atoms with van der Waals surface area (Å²) in [5.74, 6) is -1.60. The monoisotopic (exact) mass is 345 g/mol. The average molecular weight is 345 g/mol. The maximum Gasteiger partial charge on any atom is 0.343 e. The van der Waals surface area contributed by atoms with Crippen LogP contribution in [0.1, 0.15) is 23.7 Å². The molecule has 23 heavy (non-hydrogen) atoms. The summed E-state index contributed by atoms with van der Waals surface area (Å²) in [4.78, 5) is 11.2. The van der Waals surface area contributed by atoms with E-state index in [9.17, 15) is 18.3 Å². The van der Waals surface area contributed by atoms with Crippen LogP contribution in [-0.2, 0) is 14.8 Å². The molecule has 2 N–H and O–H groups in total. The van der Waals surface area contributed by atoms with Gasteiger partial charge in [-0.15, -0.1) is 0 Å². The van der Waals surface area contributed by atoms with Gasteiger partial charge in [0, 0.05) is 6.61 Å². The predicted octanol–water partition coefficient (Wildman–Crippen LogP) is 0.859. The third kappa shape index (κ3) is 3.41. The van der Waals surface area contributed by atoms with Crippen molar-refractivity contribution < 1.29 is 32.5 Å². The first kappa shape index (κ1) is 17.5. The second-order valence-corrected chi connectivity index (χ2v) is 7.10. The molecule has 1 fully saturated rings. The quantitative estimate of drug-likeness (QED) is 0.786. The Kier molecular flexibility index (Phi) is 4.83. The highest BCUT2D eigenvalue weighted by molar-refractivity contribution is 7.89. The van der Waals surface area contributed by atoms with Crippen LogP contribution >= 0.6 is 0 Å². The molecule has 0 saturated carbocycles. The molecule has 128 valence electrons. The zero-order chi connectivity index (χ0) is 17.3. The lowest BCUT2D eigenvalue weighted by molar-refractivity contribution is 0.0689. The van der Waals surface area contributed by atoms with Crippen LogP contribution in [0.4, 0.5) is 0 Å². The average Bonchev–Trinajstić information content (AvgIpc) is 2.90. The molecule has 0 radical (unpaired) electrons. The summed E-state index contributed by atoms with van der Waals surface area (Å²) in [6.07, 6.45) is 0.524. The van der Waals surface area contributed by atoms with E-state index in [1.807, 2.05) is 0 Å². The number of hydrogen-bond acceptors (Lipinski definition) is 6. The molecule has 1 atom stereocenters. The largest absolute Gasteiger partial charge is 0.496 e. The number of ether oxygens (including phenoxy) is 3. The van der Waals surface area contributed by atoms with E-state index in [1.54, 1.807) is 6.92 Å². The summed E-state index contributed by atoms with van der Waals surface area (Å²) >= 11 is 0. The zero-order valence-corrected chi connectivity index (χ0v) is 13.9. The molecule has 0 spiro atoms. The summed E-state index contributed by atoms with van der Waals surface area (Å²) in [5, 5.41) is 9.34. The van der Waals surface area contributed by atoms with E-state index >= 15 is 0 Å². The molecule has 1 heterocycles. The summed E-state index contributed by atoms with van der Waals surface area (Å²) in [5.41, 5.74) is -1.08. The number of aromatic carboxylic acids is 1. The normalized spacial score (nSPS) is 21.2. The SMILES string of the molecule is COc1ccc(S(=O)(=O)NC2(C)CCOC2)c(OC)c1C(=O)O. The molecule has 2 rings (SSSR count). The van der Waals surface area contributed by atoms with Crippen molar-refractivity contribution >= 4 is 16.0 Å². The second-order valence-electron chi connectivity index (χ2n) is 5.45. The van der Waals surface area contributed by atoms with Gasteiger partial charge in [0.2, 0.25) is 10.0 Å². The van der Waals surface area contributed by atoms with E-state index in [2.05, 4.69) is 4.72 Å². The summed E-state index contributed by atoms with van der Waals surface area (Å²) in [6, 6.07) is 2.54. The van der Waals surface area contributed by atoms with Gasteiger partial charge in [-0.25, -0.2) is 17.9 Å². The minimum Gasteiger partial charge on any atom is -0.496 e. The van der Waals surface area contributed by atoms with Crippen LogP contribution < -0.4 is 14.2 Å². The first-order valence-corrected chi connectivity index (χ1v) is 8.32. The van der Waals surface area contributed by atoms with E-state index in [1.165, 1.54) is 26.4 Å². The number of hydrogen-bond donors (Lipinski definition) is 2. The Labute approximate surface area is 134 Å². The fourth-order valence-corrected chi connectivity index (χ4v) is 4.06. The van der Waals surface area contributed by atoms with E-state index < -0.39 is 21.5 Å². The minimum atomic E-state index is -4.00. The van der Waals surface area contributed by atoms with Gasteiger partial charge < -0.3 is 19.3 Å². The van der Waals surface area contributed by atoms with Gasteiger partial charge >= 0.3 is 5.97 Å². The zero-order valence-electron chi connectivity index (χ0n) is 13.1. The van der Waals surface area contributed by atoms with Crippen molar-refractivity contribution in [3.8, 4) is 11.5 Å². The molecule has 1 aromatic carbocycles. The molecule has 0 aliphatic carbocycles. The first-order chi connectivity index (χ1) is 10.7. The molecule has 0 aromatic heterocycles. The topological polar surface area (TPSA) is 111 Å². The highest BCUT2D eigenvalue weighted by atomic mass is 32.2. The van der Waals surface area contributed by atoms with E-state index in [0.717, 1.165) is 0 Å². The van der Waals surface area contributed by atoms with Gasteiger partial charge in [0.15, 0.2) is 5.75 Å². The van der Waals surface area contributed by atoms with E-state index in [-0.39, 0.29) is 28.6 Å². The van der Waals surface area contributed by atoms with Crippen LogP contribution in [0, 0.1) is 0 Å². The number of carboxylic acids is 1. The summed E-state index contributed by atoms with van der Waals surface area (Å²) in [6.45, 7) is 2.43. The Balaban J connectivity index is 2.54. The Hall–Kier alpha value is -1.84. The number of carbonyl (C=O) groups is 1. The van der Waals surface area contributed by atoms with Gasteiger partial charge in [-0.05, 0) is 25.5 Å². The molecule has 1 aliphatic heterocycles. The van der Waals surface area contributed by atoms with Crippen molar-refractivity contribution in [3.63, 3.8) is 0 Å². The molecular formula is C14H19NO7S. The highest BCUT2D eigenvalue weighted by Crippen LogP contribution is 2.35. The van der Waals surface area contributed by atoms with Crippen molar-refractivity contribution in [3.05, 3.63) is 17.7 Å². The van der Waals surface area contributed by atoms with Crippen molar-refractivity contribution in [2.24, 2.45) is 0 Å². The third-order valence-corrected chi connectivity index (χ3v) is 5.27.